The second-order valence-electron chi connectivity index (χ2n) is 16.8. The van der Waals surface area contributed by atoms with E-state index >= 15 is 0 Å². The minimum Gasteiger partial charge on any atom is -0.457 e. The zero-order valence-corrected chi connectivity index (χ0v) is 32.8. The van der Waals surface area contributed by atoms with Gasteiger partial charge < -0.3 is 14.5 Å². The standard InChI is InChI=1S/C51H48N4O/c1-34-42(35-16-9-8-10-17-35)26-27-52-49(34)55-45-21-12-11-20-43(45)44-25-24-41(32-48(44)55)56-40-19-15-18-38(31-40)53-33-54(47-23-14-13-22-46(47)53)39-29-36(50(2,3)4)28-37(30-39)51(5,6)7/h8-32H,33H2,1-7H3/i1D3. The first kappa shape index (κ1) is 32.0. The Bertz CT molecular complexity index is 2830. The summed E-state index contributed by atoms with van der Waals surface area (Å²) in [7, 11) is 0. The van der Waals surface area contributed by atoms with Gasteiger partial charge in [-0.1, -0.05) is 114 Å². The van der Waals surface area contributed by atoms with E-state index in [-0.39, 0.29) is 16.4 Å². The van der Waals surface area contributed by atoms with E-state index in [1.54, 1.807) is 12.3 Å². The van der Waals surface area contributed by atoms with E-state index in [9.17, 15) is 0 Å². The number of ether oxygens (including phenoxy) is 1. The Kier molecular flexibility index (Phi) is 7.68. The van der Waals surface area contributed by atoms with E-state index in [1.807, 2.05) is 77.4 Å². The molecule has 0 bridgehead atoms. The molecule has 2 aromatic heterocycles. The van der Waals surface area contributed by atoms with Crippen molar-refractivity contribution in [2.24, 2.45) is 0 Å². The van der Waals surface area contributed by atoms with Crippen LogP contribution in [0.1, 0.15) is 62.3 Å². The number of rotatable bonds is 6. The first-order chi connectivity index (χ1) is 28.1. The smallest absolute Gasteiger partial charge is 0.141 e. The van der Waals surface area contributed by atoms with Crippen molar-refractivity contribution in [3.63, 3.8) is 0 Å². The number of aromatic nitrogens is 2. The molecule has 0 amide bonds. The quantitative estimate of drug-likeness (QED) is 0.170. The fourth-order valence-corrected chi connectivity index (χ4v) is 7.86. The average molecular weight is 736 g/mol. The summed E-state index contributed by atoms with van der Waals surface area (Å²) in [5.41, 5.74) is 10.4. The minimum atomic E-state index is -2.44. The molecule has 0 atom stereocenters. The molecule has 3 heterocycles. The van der Waals surface area contributed by atoms with Crippen molar-refractivity contribution >= 4 is 44.6 Å². The molecule has 0 fully saturated rings. The van der Waals surface area contributed by atoms with Crippen molar-refractivity contribution in [1.82, 2.24) is 9.55 Å². The Morgan fingerprint density at radius 2 is 1.21 bits per heavy atom. The first-order valence-corrected chi connectivity index (χ1v) is 19.3. The van der Waals surface area contributed by atoms with Crippen molar-refractivity contribution in [3.05, 3.63) is 168 Å². The van der Waals surface area contributed by atoms with Crippen LogP contribution in [0.3, 0.4) is 0 Å². The second kappa shape index (κ2) is 13.5. The van der Waals surface area contributed by atoms with Crippen molar-refractivity contribution in [2.75, 3.05) is 16.5 Å². The molecule has 56 heavy (non-hydrogen) atoms. The molecule has 8 aromatic rings. The van der Waals surface area contributed by atoms with Gasteiger partial charge in [-0.3, -0.25) is 4.57 Å². The normalized spacial score (nSPS) is 14.1. The third-order valence-electron chi connectivity index (χ3n) is 10.9. The van der Waals surface area contributed by atoms with Crippen LogP contribution >= 0.6 is 0 Å². The highest BCUT2D eigenvalue weighted by atomic mass is 16.5. The number of benzene rings is 6. The van der Waals surface area contributed by atoms with Gasteiger partial charge in [0.1, 0.15) is 24.0 Å². The van der Waals surface area contributed by atoms with Gasteiger partial charge in [0, 0.05) is 50.2 Å². The Balaban J connectivity index is 1.11. The summed E-state index contributed by atoms with van der Waals surface area (Å²) in [6.07, 6.45) is 1.70. The monoisotopic (exact) mass is 735 g/mol. The highest BCUT2D eigenvalue weighted by Gasteiger charge is 2.30. The van der Waals surface area contributed by atoms with E-state index in [0.717, 1.165) is 44.4 Å². The molecular weight excluding hydrogens is 685 g/mol. The van der Waals surface area contributed by atoms with Crippen molar-refractivity contribution in [3.8, 4) is 28.4 Å². The number of hydrogen-bond acceptors (Lipinski definition) is 4. The van der Waals surface area contributed by atoms with E-state index in [4.69, 9.17) is 13.8 Å². The molecule has 0 saturated carbocycles. The fraction of sp³-hybridized carbons (Fsp3) is 0.196. The van der Waals surface area contributed by atoms with E-state index < -0.39 is 6.85 Å². The van der Waals surface area contributed by atoms with Gasteiger partial charge in [0.2, 0.25) is 0 Å². The predicted molar refractivity (Wildman–Crippen MR) is 235 cm³/mol. The van der Waals surface area contributed by atoms with Gasteiger partial charge in [0.15, 0.2) is 0 Å². The van der Waals surface area contributed by atoms with Gasteiger partial charge in [-0.25, -0.2) is 4.98 Å². The summed E-state index contributed by atoms with van der Waals surface area (Å²) in [5.74, 6) is 1.69. The molecule has 0 unspecified atom stereocenters. The summed E-state index contributed by atoms with van der Waals surface area (Å²) < 4.78 is 34.8. The molecule has 5 heteroatoms. The molecule has 0 aliphatic carbocycles. The largest absolute Gasteiger partial charge is 0.457 e. The molecule has 0 radical (unpaired) electrons. The zero-order valence-electron chi connectivity index (χ0n) is 35.8. The summed E-state index contributed by atoms with van der Waals surface area (Å²) in [6, 6.07) is 49.4. The fourth-order valence-electron chi connectivity index (χ4n) is 7.86. The van der Waals surface area contributed by atoms with Gasteiger partial charge in [-0.15, -0.1) is 0 Å². The highest BCUT2D eigenvalue weighted by Crippen LogP contribution is 2.46. The molecule has 0 saturated heterocycles. The number of nitrogens with zero attached hydrogens (tertiary/aromatic N) is 4. The topological polar surface area (TPSA) is 33.5 Å². The van der Waals surface area contributed by atoms with Gasteiger partial charge in [-0.2, -0.15) is 0 Å². The maximum Gasteiger partial charge on any atom is 0.141 e. The van der Waals surface area contributed by atoms with Gasteiger partial charge in [-0.05, 0) is 101 Å². The van der Waals surface area contributed by atoms with E-state index in [1.165, 1.54) is 16.8 Å². The summed E-state index contributed by atoms with van der Waals surface area (Å²) in [5, 5.41) is 1.98. The average Bonchev–Trinajstić information content (AvgIpc) is 3.76. The molecule has 0 spiro atoms. The van der Waals surface area contributed by atoms with Crippen LogP contribution in [-0.4, -0.2) is 16.2 Å². The lowest BCUT2D eigenvalue weighted by Gasteiger charge is -2.29. The highest BCUT2D eigenvalue weighted by molar-refractivity contribution is 6.09. The Morgan fingerprint density at radius 3 is 1.93 bits per heavy atom. The van der Waals surface area contributed by atoms with Crippen molar-refractivity contribution in [2.45, 2.75) is 59.2 Å². The third-order valence-corrected chi connectivity index (χ3v) is 10.9. The lowest BCUT2D eigenvalue weighted by atomic mass is 9.80. The molecule has 0 N–H and O–H groups in total. The van der Waals surface area contributed by atoms with Crippen LogP contribution in [0.15, 0.2) is 152 Å². The number of para-hydroxylation sites is 3. The zero-order chi connectivity index (χ0) is 41.3. The van der Waals surface area contributed by atoms with Crippen LogP contribution < -0.4 is 14.5 Å². The lowest BCUT2D eigenvalue weighted by Crippen LogP contribution is -2.25. The minimum absolute atomic E-state index is 0.00154. The molecular formula is C51H48N4O. The molecule has 5 nitrogen and oxygen atoms in total. The lowest BCUT2D eigenvalue weighted by molar-refractivity contribution is 0.483. The molecule has 1 aliphatic rings. The maximum absolute atomic E-state index is 8.73. The van der Waals surface area contributed by atoms with Gasteiger partial charge in [0.25, 0.3) is 0 Å². The van der Waals surface area contributed by atoms with E-state index in [2.05, 4.69) is 118 Å². The number of fused-ring (bicyclic) bond motifs is 4. The number of hydrogen-bond donors (Lipinski definition) is 0. The SMILES string of the molecule is [2H]C([2H])([2H])c1c(-c2ccccc2)ccnc1-n1c2ccccc2c2ccc(Oc3cccc(N4CN(c5cc(C(C)(C)C)cc(C(C)(C)C)c5)c5ccccc54)c3)cc21. The van der Waals surface area contributed by atoms with Crippen LogP contribution in [-0.2, 0) is 10.8 Å². The van der Waals surface area contributed by atoms with Gasteiger partial charge >= 0.3 is 0 Å². The van der Waals surface area contributed by atoms with E-state index in [0.29, 0.717) is 29.5 Å². The van der Waals surface area contributed by atoms with Crippen molar-refractivity contribution in [1.29, 1.82) is 0 Å². The van der Waals surface area contributed by atoms with Crippen LogP contribution in [0, 0.1) is 6.85 Å². The Morgan fingerprint density at radius 1 is 0.571 bits per heavy atom. The van der Waals surface area contributed by atoms with Crippen molar-refractivity contribution < 1.29 is 8.85 Å². The maximum atomic E-state index is 8.73. The van der Waals surface area contributed by atoms with Crippen LogP contribution in [0.25, 0.3) is 38.8 Å². The summed E-state index contributed by atoms with van der Waals surface area (Å²) in [4.78, 5) is 9.53. The van der Waals surface area contributed by atoms with Crippen LogP contribution in [0.4, 0.5) is 22.7 Å². The molecule has 278 valence electrons. The second-order valence-corrected chi connectivity index (χ2v) is 16.8. The van der Waals surface area contributed by atoms with Gasteiger partial charge in [0.05, 0.1) is 22.4 Å². The van der Waals surface area contributed by atoms with Crippen LogP contribution in [0.2, 0.25) is 0 Å². The first-order valence-electron chi connectivity index (χ1n) is 20.8. The van der Waals surface area contributed by atoms with Crippen LogP contribution in [0.5, 0.6) is 11.5 Å². The summed E-state index contributed by atoms with van der Waals surface area (Å²) in [6.45, 7) is 11.9. The number of pyridine rings is 1. The number of anilines is 4. The molecule has 6 aromatic carbocycles. The predicted octanol–water partition coefficient (Wildman–Crippen LogP) is 13.8. The Hall–Kier alpha value is -6.33. The third kappa shape index (κ3) is 6.27. The molecule has 1 aliphatic heterocycles. The Labute approximate surface area is 334 Å². The molecule has 9 rings (SSSR count). The summed E-state index contributed by atoms with van der Waals surface area (Å²) >= 11 is 0.